The molecule has 0 bridgehead atoms. The minimum atomic E-state index is -0.553. The van der Waals surface area contributed by atoms with Crippen LogP contribution in [0.3, 0.4) is 0 Å². The van der Waals surface area contributed by atoms with Gasteiger partial charge in [0.1, 0.15) is 0 Å². The normalized spacial score (nSPS) is 12.2. The Hall–Kier alpha value is -0.320. The zero-order chi connectivity index (χ0) is 16.9. The highest BCUT2D eigenvalue weighted by Gasteiger charge is 2.16. The van der Waals surface area contributed by atoms with Crippen molar-refractivity contribution in [1.82, 2.24) is 0 Å². The topological polar surface area (TPSA) is 0 Å². The molecule has 0 aliphatic rings. The predicted octanol–water partition coefficient (Wildman–Crippen LogP) is 8.65. The lowest BCUT2D eigenvalue weighted by atomic mass is 10.0. The predicted molar refractivity (Wildman–Crippen MR) is 109 cm³/mol. The Bertz CT molecular complexity index is 428. The van der Waals surface area contributed by atoms with Crippen molar-refractivity contribution in [1.29, 1.82) is 0 Å². The molecule has 0 aliphatic heterocycles. The van der Waals surface area contributed by atoms with E-state index in [0.717, 1.165) is 6.16 Å². The summed E-state index contributed by atoms with van der Waals surface area (Å²) in [5.74, 6) is 0. The zero-order valence-corrected chi connectivity index (χ0v) is 16.9. The van der Waals surface area contributed by atoms with Crippen LogP contribution in [0.5, 0.6) is 0 Å². The molecule has 0 saturated carbocycles. The average Bonchev–Trinajstić information content (AvgIpc) is 2.57. The van der Waals surface area contributed by atoms with Gasteiger partial charge >= 0.3 is 0 Å². The number of rotatable bonds is 12. The van der Waals surface area contributed by atoms with Crippen LogP contribution in [0.4, 0.5) is 0 Å². The van der Waals surface area contributed by atoms with E-state index in [1.165, 1.54) is 63.4 Å². The second kappa shape index (κ2) is 13.0. The van der Waals surface area contributed by atoms with Crippen molar-refractivity contribution < 1.29 is 0 Å². The van der Waals surface area contributed by atoms with Crippen LogP contribution in [0.1, 0.15) is 84.1 Å². The molecule has 0 fully saturated rings. The minimum absolute atomic E-state index is 0.553. The Morgan fingerprint density at radius 3 is 1.87 bits per heavy atom. The van der Waals surface area contributed by atoms with Gasteiger partial charge in [0.25, 0.3) is 0 Å². The Labute approximate surface area is 150 Å². The first kappa shape index (κ1) is 20.7. The molecular weight excluding hydrogens is 319 g/mol. The number of halogens is 1. The van der Waals surface area contributed by atoms with Gasteiger partial charge in [0.05, 0.1) is 0 Å². The molecule has 0 radical (unpaired) electrons. The SMILES string of the molecule is CCCCC(CCCC)=C(CCCC)P(Cl)Cc1ccccc1. The monoisotopic (exact) mass is 352 g/mol. The van der Waals surface area contributed by atoms with E-state index in [4.69, 9.17) is 11.2 Å². The van der Waals surface area contributed by atoms with Gasteiger partial charge in [-0.3, -0.25) is 0 Å². The molecule has 0 aliphatic carbocycles. The van der Waals surface area contributed by atoms with Gasteiger partial charge in [0.15, 0.2) is 0 Å². The lowest BCUT2D eigenvalue weighted by molar-refractivity contribution is 0.698. The molecule has 1 aromatic rings. The van der Waals surface area contributed by atoms with Crippen molar-refractivity contribution >= 4 is 18.5 Å². The van der Waals surface area contributed by atoms with Crippen LogP contribution in [0, 0.1) is 0 Å². The summed E-state index contributed by atoms with van der Waals surface area (Å²) >= 11 is 6.98. The Kier molecular flexibility index (Phi) is 11.7. The summed E-state index contributed by atoms with van der Waals surface area (Å²) in [6, 6.07) is 10.8. The summed E-state index contributed by atoms with van der Waals surface area (Å²) in [6.07, 6.45) is 12.4. The summed E-state index contributed by atoms with van der Waals surface area (Å²) in [6.45, 7) is 6.86. The van der Waals surface area contributed by atoms with Crippen molar-refractivity contribution in [3.05, 3.63) is 46.8 Å². The smallest absolute Gasteiger partial charge is 0.0215 e. The molecular formula is C21H34ClP. The lowest BCUT2D eigenvalue weighted by Crippen LogP contribution is -1.94. The Morgan fingerprint density at radius 2 is 1.35 bits per heavy atom. The molecule has 0 aromatic heterocycles. The first-order chi connectivity index (χ1) is 11.2. The summed E-state index contributed by atoms with van der Waals surface area (Å²) < 4.78 is 0. The van der Waals surface area contributed by atoms with Gasteiger partial charge in [-0.25, -0.2) is 0 Å². The second-order valence-corrected chi connectivity index (χ2v) is 9.17. The highest BCUT2D eigenvalue weighted by atomic mass is 35.7. The van der Waals surface area contributed by atoms with Gasteiger partial charge in [-0.1, -0.05) is 87.2 Å². The van der Waals surface area contributed by atoms with E-state index in [1.807, 2.05) is 0 Å². The highest BCUT2D eigenvalue weighted by molar-refractivity contribution is 7.86. The molecule has 1 aromatic carbocycles. The van der Waals surface area contributed by atoms with Crippen LogP contribution >= 0.6 is 18.5 Å². The van der Waals surface area contributed by atoms with Crippen LogP contribution in [-0.2, 0) is 6.16 Å². The third kappa shape index (κ3) is 8.37. The molecule has 0 saturated heterocycles. The van der Waals surface area contributed by atoms with Crippen LogP contribution < -0.4 is 0 Å². The maximum atomic E-state index is 6.98. The van der Waals surface area contributed by atoms with Crippen molar-refractivity contribution in [3.8, 4) is 0 Å². The number of allylic oxidation sites excluding steroid dienone is 2. The Balaban J connectivity index is 2.92. The van der Waals surface area contributed by atoms with E-state index < -0.39 is 7.27 Å². The maximum absolute atomic E-state index is 6.98. The van der Waals surface area contributed by atoms with Crippen molar-refractivity contribution in [2.24, 2.45) is 0 Å². The van der Waals surface area contributed by atoms with E-state index in [2.05, 4.69) is 51.1 Å². The van der Waals surface area contributed by atoms with Gasteiger partial charge in [-0.05, 0) is 49.4 Å². The molecule has 0 spiro atoms. The van der Waals surface area contributed by atoms with Crippen molar-refractivity contribution in [2.75, 3.05) is 0 Å². The molecule has 0 heterocycles. The molecule has 0 nitrogen and oxygen atoms in total. The van der Waals surface area contributed by atoms with Crippen molar-refractivity contribution in [2.45, 2.75) is 84.7 Å². The van der Waals surface area contributed by atoms with Crippen molar-refractivity contribution in [3.63, 3.8) is 0 Å². The first-order valence-electron chi connectivity index (χ1n) is 9.41. The number of benzene rings is 1. The fourth-order valence-electron chi connectivity index (χ4n) is 2.85. The van der Waals surface area contributed by atoms with E-state index in [0.29, 0.717) is 0 Å². The fourth-order valence-corrected chi connectivity index (χ4v) is 5.56. The van der Waals surface area contributed by atoms with Gasteiger partial charge in [0.2, 0.25) is 0 Å². The molecule has 1 atom stereocenters. The van der Waals surface area contributed by atoms with Gasteiger partial charge < -0.3 is 0 Å². The quantitative estimate of drug-likeness (QED) is 0.330. The fraction of sp³-hybridized carbons (Fsp3) is 0.619. The molecule has 23 heavy (non-hydrogen) atoms. The highest BCUT2D eigenvalue weighted by Crippen LogP contribution is 2.56. The second-order valence-electron chi connectivity index (χ2n) is 6.37. The summed E-state index contributed by atoms with van der Waals surface area (Å²) in [5.41, 5.74) is 3.08. The summed E-state index contributed by atoms with van der Waals surface area (Å²) in [5, 5.41) is 1.62. The van der Waals surface area contributed by atoms with E-state index >= 15 is 0 Å². The molecule has 2 heteroatoms. The van der Waals surface area contributed by atoms with Gasteiger partial charge in [-0.15, -0.1) is 0 Å². The lowest BCUT2D eigenvalue weighted by Gasteiger charge is -2.20. The van der Waals surface area contributed by atoms with Crippen LogP contribution in [0.25, 0.3) is 0 Å². The van der Waals surface area contributed by atoms with Crippen LogP contribution in [-0.4, -0.2) is 0 Å². The molecule has 130 valence electrons. The van der Waals surface area contributed by atoms with Gasteiger partial charge in [-0.2, -0.15) is 0 Å². The third-order valence-corrected chi connectivity index (χ3v) is 7.04. The Morgan fingerprint density at radius 1 is 0.826 bits per heavy atom. The summed E-state index contributed by atoms with van der Waals surface area (Å²) in [4.78, 5) is 0. The van der Waals surface area contributed by atoms with E-state index in [-0.39, 0.29) is 0 Å². The number of unbranched alkanes of at least 4 members (excludes halogenated alkanes) is 3. The van der Waals surface area contributed by atoms with E-state index in [9.17, 15) is 0 Å². The third-order valence-electron chi connectivity index (χ3n) is 4.30. The molecule has 0 amide bonds. The standard InChI is InChI=1S/C21H34ClP/c1-4-7-15-20(16-8-5-2)21(17-9-6-3)23(22)18-19-13-11-10-12-14-19/h10-14H,4-9,15-18H2,1-3H3. The summed E-state index contributed by atoms with van der Waals surface area (Å²) in [7, 11) is -0.553. The largest absolute Gasteiger partial charge is 0.0912 e. The molecule has 0 N–H and O–H groups in total. The van der Waals surface area contributed by atoms with E-state index in [1.54, 1.807) is 10.9 Å². The minimum Gasteiger partial charge on any atom is -0.0912 e. The zero-order valence-electron chi connectivity index (χ0n) is 15.3. The number of hydrogen-bond donors (Lipinski definition) is 0. The van der Waals surface area contributed by atoms with Gasteiger partial charge in [0, 0.05) is 13.4 Å². The average molecular weight is 353 g/mol. The number of hydrogen-bond acceptors (Lipinski definition) is 0. The first-order valence-corrected chi connectivity index (χ1v) is 11.8. The maximum Gasteiger partial charge on any atom is 0.0215 e. The van der Waals surface area contributed by atoms with Crippen LogP contribution in [0.15, 0.2) is 41.2 Å². The molecule has 1 unspecified atom stereocenters. The van der Waals surface area contributed by atoms with Crippen LogP contribution in [0.2, 0.25) is 0 Å². The molecule has 1 rings (SSSR count).